The average Bonchev–Trinajstić information content (AvgIpc) is 2.67. The Labute approximate surface area is 103 Å². The maximum absolute atomic E-state index is 12.0. The number of nitrogen functional groups attached to an aromatic ring is 2. The Morgan fingerprint density at radius 1 is 1.39 bits per heavy atom. The Morgan fingerprint density at radius 2 is 2.06 bits per heavy atom. The predicted molar refractivity (Wildman–Crippen MR) is 62.6 cm³/mol. The van der Waals surface area contributed by atoms with Gasteiger partial charge in [0.1, 0.15) is 11.4 Å². The second-order valence-electron chi connectivity index (χ2n) is 4.02. The molecule has 0 amide bonds. The zero-order chi connectivity index (χ0) is 13.8. The fraction of sp³-hybridized carbons (Fsp3) is 0.600. The van der Waals surface area contributed by atoms with Gasteiger partial charge in [0.25, 0.3) is 0 Å². The maximum Gasteiger partial charge on any atom is 0.421 e. The predicted octanol–water partition coefficient (Wildman–Crippen LogP) is 1.42. The highest BCUT2D eigenvalue weighted by molar-refractivity contribution is 5.42. The highest BCUT2D eigenvalue weighted by Gasteiger charge is 2.34. The van der Waals surface area contributed by atoms with Crippen LogP contribution >= 0.6 is 0 Å². The molecule has 1 saturated heterocycles. The second-order valence-corrected chi connectivity index (χ2v) is 4.02. The topological polar surface area (TPSA) is 89.8 Å². The summed E-state index contributed by atoms with van der Waals surface area (Å²) in [6.45, 7) is 3.47. The molecule has 0 radical (unpaired) electrons. The van der Waals surface area contributed by atoms with Crippen LogP contribution in [0.25, 0.3) is 0 Å². The van der Waals surface area contributed by atoms with Crippen molar-refractivity contribution >= 4 is 11.8 Å². The van der Waals surface area contributed by atoms with Crippen molar-refractivity contribution in [2.75, 3.05) is 18.0 Å². The summed E-state index contributed by atoms with van der Waals surface area (Å²) in [5.74, 6) is -0.935. The molecule has 102 valence electrons. The van der Waals surface area contributed by atoms with Gasteiger partial charge in [0, 0.05) is 12.2 Å². The number of alkyl halides is 3. The van der Waals surface area contributed by atoms with Gasteiger partial charge in [-0.2, -0.15) is 18.2 Å². The average molecular weight is 263 g/mol. The van der Waals surface area contributed by atoms with Crippen LogP contribution in [0, 0.1) is 0 Å². The first-order valence-electron chi connectivity index (χ1n) is 5.49. The van der Waals surface area contributed by atoms with Gasteiger partial charge in [-0.05, 0) is 26.3 Å². The zero-order valence-electron chi connectivity index (χ0n) is 9.96. The van der Waals surface area contributed by atoms with Gasteiger partial charge in [0.2, 0.25) is 5.95 Å². The van der Waals surface area contributed by atoms with Crippen molar-refractivity contribution in [2.45, 2.75) is 32.0 Å². The van der Waals surface area contributed by atoms with Crippen molar-refractivity contribution in [1.82, 2.24) is 15.3 Å². The van der Waals surface area contributed by atoms with Crippen LogP contribution in [-0.2, 0) is 6.18 Å². The third-order valence-electron chi connectivity index (χ3n) is 2.45. The zero-order valence-corrected chi connectivity index (χ0v) is 9.96. The summed E-state index contributed by atoms with van der Waals surface area (Å²) in [6.07, 6.45) is -1.23. The Kier molecular flexibility index (Phi) is 4.71. The van der Waals surface area contributed by atoms with Gasteiger partial charge in [-0.25, -0.2) is 4.98 Å². The van der Waals surface area contributed by atoms with Crippen LogP contribution < -0.4 is 16.8 Å². The smallest absolute Gasteiger partial charge is 0.383 e. The molecule has 2 rings (SSSR count). The molecule has 1 unspecified atom stereocenters. The Hall–Kier alpha value is -1.57. The lowest BCUT2D eigenvalue weighted by molar-refractivity contribution is -0.137. The van der Waals surface area contributed by atoms with E-state index in [0.717, 1.165) is 6.04 Å². The first-order chi connectivity index (χ1) is 8.30. The summed E-state index contributed by atoms with van der Waals surface area (Å²) in [6, 6.07) is 0.796. The number of nitrogens with zero attached hydrogens (tertiary/aromatic N) is 2. The Morgan fingerprint density at radius 3 is 2.39 bits per heavy atom. The van der Waals surface area contributed by atoms with E-state index < -0.39 is 17.6 Å². The largest absolute Gasteiger partial charge is 0.421 e. The lowest BCUT2D eigenvalue weighted by Crippen LogP contribution is -2.16. The van der Waals surface area contributed by atoms with E-state index in [4.69, 9.17) is 11.5 Å². The normalized spacial score (nSPS) is 19.2. The molecule has 0 aromatic carbocycles. The van der Waals surface area contributed by atoms with Crippen LogP contribution in [0.2, 0.25) is 0 Å². The summed E-state index contributed by atoms with van der Waals surface area (Å²) in [4.78, 5) is 6.34. The molecule has 2 heterocycles. The summed E-state index contributed by atoms with van der Waals surface area (Å²) >= 11 is 0. The quantitative estimate of drug-likeness (QED) is 0.658. The number of aromatic nitrogens is 2. The molecule has 1 aromatic heterocycles. The van der Waals surface area contributed by atoms with Crippen LogP contribution in [0.5, 0.6) is 0 Å². The maximum atomic E-state index is 12.0. The summed E-state index contributed by atoms with van der Waals surface area (Å²) in [5.41, 5.74) is 8.89. The van der Waals surface area contributed by atoms with Crippen LogP contribution in [0.3, 0.4) is 0 Å². The molecule has 1 aromatic rings. The number of nitrogens with one attached hydrogen (secondary N) is 1. The summed E-state index contributed by atoms with van der Waals surface area (Å²) in [7, 11) is 0. The lowest BCUT2D eigenvalue weighted by Gasteiger charge is -2.07. The first kappa shape index (κ1) is 14.5. The van der Waals surface area contributed by atoms with Crippen LogP contribution in [0.1, 0.15) is 25.3 Å². The van der Waals surface area contributed by atoms with Gasteiger partial charge in [0.15, 0.2) is 0 Å². The van der Waals surface area contributed by atoms with Crippen LogP contribution in [0.15, 0.2) is 6.20 Å². The van der Waals surface area contributed by atoms with Crippen molar-refractivity contribution in [3.63, 3.8) is 0 Å². The molecule has 0 spiro atoms. The van der Waals surface area contributed by atoms with Crippen LogP contribution in [-0.4, -0.2) is 22.6 Å². The molecule has 0 saturated carbocycles. The van der Waals surface area contributed by atoms with E-state index in [1.165, 1.54) is 19.4 Å². The van der Waals surface area contributed by atoms with Crippen molar-refractivity contribution in [3.05, 3.63) is 11.8 Å². The first-order valence-corrected chi connectivity index (χ1v) is 5.49. The van der Waals surface area contributed by atoms with Gasteiger partial charge >= 0.3 is 6.18 Å². The number of hydrogen-bond donors (Lipinski definition) is 3. The molecule has 1 aliphatic rings. The van der Waals surface area contributed by atoms with E-state index in [0.29, 0.717) is 6.20 Å². The Balaban J connectivity index is 0.000000225. The SMILES string of the molecule is CC1CCCN1.Nc1ncc(C(F)(F)F)c(N)n1. The van der Waals surface area contributed by atoms with E-state index in [2.05, 4.69) is 22.2 Å². The van der Waals surface area contributed by atoms with Crippen molar-refractivity contribution in [3.8, 4) is 0 Å². The highest BCUT2D eigenvalue weighted by atomic mass is 19.4. The minimum atomic E-state index is -4.53. The molecule has 1 aliphatic heterocycles. The van der Waals surface area contributed by atoms with Crippen molar-refractivity contribution < 1.29 is 13.2 Å². The number of anilines is 2. The number of rotatable bonds is 0. The van der Waals surface area contributed by atoms with E-state index >= 15 is 0 Å². The molecule has 5 N–H and O–H groups in total. The second kappa shape index (κ2) is 5.85. The van der Waals surface area contributed by atoms with Gasteiger partial charge in [-0.1, -0.05) is 0 Å². The van der Waals surface area contributed by atoms with Gasteiger partial charge < -0.3 is 16.8 Å². The molecule has 5 nitrogen and oxygen atoms in total. The summed E-state index contributed by atoms with van der Waals surface area (Å²) in [5, 5.41) is 3.32. The van der Waals surface area contributed by atoms with Gasteiger partial charge in [-0.15, -0.1) is 0 Å². The Bertz CT molecular complexity index is 388. The molecule has 8 heteroatoms. The fourth-order valence-electron chi connectivity index (χ4n) is 1.49. The molecule has 1 atom stereocenters. The molecule has 18 heavy (non-hydrogen) atoms. The molecule has 0 bridgehead atoms. The monoisotopic (exact) mass is 263 g/mol. The standard InChI is InChI=1S/C5H5F3N4.C5H11N/c6-5(7,8)2-1-11-4(10)12-3(2)9;1-5-3-2-4-6-5/h1H,(H4,9,10,11,12);5-6H,2-4H2,1H3. The van der Waals surface area contributed by atoms with E-state index in [1.54, 1.807) is 0 Å². The van der Waals surface area contributed by atoms with Crippen molar-refractivity contribution in [1.29, 1.82) is 0 Å². The third-order valence-corrected chi connectivity index (χ3v) is 2.45. The fourth-order valence-corrected chi connectivity index (χ4v) is 1.49. The lowest BCUT2D eigenvalue weighted by atomic mass is 10.3. The van der Waals surface area contributed by atoms with Crippen molar-refractivity contribution in [2.24, 2.45) is 0 Å². The molecule has 1 fully saturated rings. The van der Waals surface area contributed by atoms with E-state index in [9.17, 15) is 13.2 Å². The minimum Gasteiger partial charge on any atom is -0.383 e. The number of halogens is 3. The van der Waals surface area contributed by atoms with E-state index in [1.807, 2.05) is 0 Å². The summed E-state index contributed by atoms with van der Waals surface area (Å²) < 4.78 is 35.9. The van der Waals surface area contributed by atoms with Gasteiger partial charge in [-0.3, -0.25) is 0 Å². The molecule has 0 aliphatic carbocycles. The van der Waals surface area contributed by atoms with E-state index in [-0.39, 0.29) is 5.95 Å². The minimum absolute atomic E-state index is 0.277. The number of hydrogen-bond acceptors (Lipinski definition) is 5. The number of nitrogens with two attached hydrogens (primary N) is 2. The van der Waals surface area contributed by atoms with Gasteiger partial charge in [0.05, 0.1) is 0 Å². The highest BCUT2D eigenvalue weighted by Crippen LogP contribution is 2.31. The third kappa shape index (κ3) is 4.36. The molecular weight excluding hydrogens is 247 g/mol. The van der Waals surface area contributed by atoms with Crippen LogP contribution in [0.4, 0.5) is 24.9 Å². The molecular formula is C10H16F3N5.